The molecule has 5 rings (SSSR count). The van der Waals surface area contributed by atoms with Gasteiger partial charge < -0.3 is 4.74 Å². The van der Waals surface area contributed by atoms with Gasteiger partial charge in [0.25, 0.3) is 5.91 Å². The van der Waals surface area contributed by atoms with Crippen LogP contribution in [-0.2, 0) is 24.5 Å². The lowest BCUT2D eigenvalue weighted by molar-refractivity contribution is -0.122. The highest BCUT2D eigenvalue weighted by molar-refractivity contribution is 8.18. The Hall–Kier alpha value is -3.51. The van der Waals surface area contributed by atoms with Crippen molar-refractivity contribution in [3.05, 3.63) is 139 Å². The van der Waals surface area contributed by atoms with Crippen LogP contribution < -0.4 is 4.74 Å². The van der Waals surface area contributed by atoms with Crippen LogP contribution in [0.4, 0.5) is 0 Å². The number of benzene rings is 4. The Morgan fingerprint density at radius 3 is 2.12 bits per heavy atom. The highest BCUT2D eigenvalue weighted by Crippen LogP contribution is 2.35. The summed E-state index contributed by atoms with van der Waals surface area (Å²) in [5.41, 5.74) is 6.01. The van der Waals surface area contributed by atoms with E-state index in [1.165, 1.54) is 11.8 Å². The van der Waals surface area contributed by atoms with Crippen LogP contribution in [0.1, 0.15) is 33.4 Å². The molecule has 0 aromatic heterocycles. The van der Waals surface area contributed by atoms with Gasteiger partial charge in [0.2, 0.25) is 0 Å². The molecule has 1 heterocycles. The maximum atomic E-state index is 13.6. The van der Waals surface area contributed by atoms with Gasteiger partial charge in [0.05, 0.1) is 28.0 Å². The zero-order chi connectivity index (χ0) is 28.1. The number of amidine groups is 1. The lowest BCUT2D eigenvalue weighted by Gasteiger charge is -2.16. The number of aliphatic imine (C=N–C) groups is 1. The summed E-state index contributed by atoms with van der Waals surface area (Å²) in [6.45, 7) is 5.38. The van der Waals surface area contributed by atoms with Crippen LogP contribution in [0.15, 0.2) is 101 Å². The molecule has 0 atom stereocenters. The number of rotatable bonds is 8. The first-order chi connectivity index (χ1) is 19.4. The van der Waals surface area contributed by atoms with Gasteiger partial charge in [0.15, 0.2) is 5.17 Å². The smallest absolute Gasteiger partial charge is 0.267 e. The van der Waals surface area contributed by atoms with Gasteiger partial charge in [0, 0.05) is 0 Å². The molecule has 7 heteroatoms. The molecule has 0 unspecified atom stereocenters. The SMILES string of the molecule is Cc1cc(/C=C2\SC(=NCc3ccccc3)N(Cc3ccccc3)C2=O)cc(C)c1OCc1ccc(Cl)c(Cl)c1. The predicted molar refractivity (Wildman–Crippen MR) is 167 cm³/mol. The Bertz CT molecular complexity index is 1560. The summed E-state index contributed by atoms with van der Waals surface area (Å²) in [5.74, 6) is 0.769. The molecular formula is C33H28Cl2N2O2S. The molecule has 1 fully saturated rings. The Labute approximate surface area is 249 Å². The second kappa shape index (κ2) is 12.8. The summed E-state index contributed by atoms with van der Waals surface area (Å²) in [5, 5.41) is 1.73. The monoisotopic (exact) mass is 586 g/mol. The van der Waals surface area contributed by atoms with E-state index >= 15 is 0 Å². The summed E-state index contributed by atoms with van der Waals surface area (Å²) in [7, 11) is 0. The number of amides is 1. The minimum absolute atomic E-state index is 0.0454. The van der Waals surface area contributed by atoms with Crippen molar-refractivity contribution in [1.29, 1.82) is 0 Å². The third-order valence-electron chi connectivity index (χ3n) is 6.46. The fourth-order valence-corrected chi connectivity index (χ4v) is 5.80. The largest absolute Gasteiger partial charge is 0.488 e. The Kier molecular flexibility index (Phi) is 8.95. The highest BCUT2D eigenvalue weighted by atomic mass is 35.5. The molecule has 40 heavy (non-hydrogen) atoms. The Morgan fingerprint density at radius 1 is 0.825 bits per heavy atom. The van der Waals surface area contributed by atoms with Crippen molar-refractivity contribution in [2.75, 3.05) is 0 Å². The van der Waals surface area contributed by atoms with Gasteiger partial charge in [-0.05, 0) is 89.3 Å². The first kappa shape index (κ1) is 28.0. The van der Waals surface area contributed by atoms with Crippen LogP contribution in [0.5, 0.6) is 5.75 Å². The van der Waals surface area contributed by atoms with Crippen LogP contribution >= 0.6 is 35.0 Å². The van der Waals surface area contributed by atoms with E-state index in [-0.39, 0.29) is 5.91 Å². The van der Waals surface area contributed by atoms with Gasteiger partial charge in [-0.25, -0.2) is 0 Å². The van der Waals surface area contributed by atoms with E-state index in [9.17, 15) is 4.79 Å². The van der Waals surface area contributed by atoms with E-state index < -0.39 is 0 Å². The number of hydrogen-bond acceptors (Lipinski definition) is 4. The number of thioether (sulfide) groups is 1. The van der Waals surface area contributed by atoms with E-state index in [4.69, 9.17) is 32.9 Å². The fraction of sp³-hybridized carbons (Fsp3) is 0.152. The third kappa shape index (κ3) is 6.79. The molecule has 0 radical (unpaired) electrons. The molecule has 0 aliphatic carbocycles. The zero-order valence-corrected chi connectivity index (χ0v) is 24.6. The Morgan fingerprint density at radius 2 is 1.48 bits per heavy atom. The van der Waals surface area contributed by atoms with Crippen molar-refractivity contribution < 1.29 is 9.53 Å². The van der Waals surface area contributed by atoms with Crippen LogP contribution in [-0.4, -0.2) is 16.0 Å². The zero-order valence-electron chi connectivity index (χ0n) is 22.2. The Balaban J connectivity index is 1.38. The molecule has 4 nitrogen and oxygen atoms in total. The summed E-state index contributed by atoms with van der Waals surface area (Å²) in [6, 6.07) is 29.6. The molecule has 0 spiro atoms. The van der Waals surface area contributed by atoms with E-state index in [1.807, 2.05) is 105 Å². The summed E-state index contributed by atoms with van der Waals surface area (Å²) in [4.78, 5) is 20.8. The molecular weight excluding hydrogens is 559 g/mol. The van der Waals surface area contributed by atoms with E-state index in [2.05, 4.69) is 0 Å². The quantitative estimate of drug-likeness (QED) is 0.194. The van der Waals surface area contributed by atoms with Gasteiger partial charge in [-0.2, -0.15) is 0 Å². The molecule has 0 bridgehead atoms. The van der Waals surface area contributed by atoms with Crippen LogP contribution in [0.2, 0.25) is 10.0 Å². The number of carbonyl (C=O) groups is 1. The van der Waals surface area contributed by atoms with Crippen LogP contribution in [0.3, 0.4) is 0 Å². The van der Waals surface area contributed by atoms with Crippen molar-refractivity contribution >= 4 is 52.1 Å². The molecule has 1 aliphatic heterocycles. The molecule has 0 saturated carbocycles. The molecule has 1 aliphatic rings. The van der Waals surface area contributed by atoms with E-state index in [1.54, 1.807) is 11.0 Å². The summed E-state index contributed by atoms with van der Waals surface area (Å²) in [6.07, 6.45) is 1.94. The van der Waals surface area contributed by atoms with Crippen molar-refractivity contribution in [2.45, 2.75) is 33.5 Å². The summed E-state index contributed by atoms with van der Waals surface area (Å²) >= 11 is 13.6. The summed E-state index contributed by atoms with van der Waals surface area (Å²) < 4.78 is 6.15. The van der Waals surface area contributed by atoms with Crippen molar-refractivity contribution in [1.82, 2.24) is 4.90 Å². The van der Waals surface area contributed by atoms with Gasteiger partial charge in [-0.1, -0.05) is 89.9 Å². The fourth-order valence-electron chi connectivity index (χ4n) is 4.50. The second-order valence-corrected chi connectivity index (χ2v) is 11.4. The topological polar surface area (TPSA) is 41.9 Å². The molecule has 4 aromatic rings. The number of ether oxygens (including phenoxy) is 1. The van der Waals surface area contributed by atoms with Gasteiger partial charge in [-0.3, -0.25) is 14.7 Å². The number of carbonyl (C=O) groups excluding carboxylic acids is 1. The van der Waals surface area contributed by atoms with Crippen molar-refractivity contribution in [2.24, 2.45) is 4.99 Å². The van der Waals surface area contributed by atoms with E-state index in [0.29, 0.717) is 39.8 Å². The van der Waals surface area contributed by atoms with Gasteiger partial charge in [-0.15, -0.1) is 0 Å². The van der Waals surface area contributed by atoms with Crippen molar-refractivity contribution in [3.63, 3.8) is 0 Å². The van der Waals surface area contributed by atoms with Gasteiger partial charge >= 0.3 is 0 Å². The maximum Gasteiger partial charge on any atom is 0.267 e. The number of aryl methyl sites for hydroxylation is 2. The first-order valence-corrected chi connectivity index (χ1v) is 14.5. The molecule has 1 saturated heterocycles. The predicted octanol–water partition coefficient (Wildman–Crippen LogP) is 8.86. The molecule has 202 valence electrons. The van der Waals surface area contributed by atoms with E-state index in [0.717, 1.165) is 39.1 Å². The number of nitrogens with zero attached hydrogens (tertiary/aromatic N) is 2. The minimum Gasteiger partial charge on any atom is -0.488 e. The number of hydrogen-bond donors (Lipinski definition) is 0. The van der Waals surface area contributed by atoms with Crippen LogP contribution in [0, 0.1) is 13.8 Å². The van der Waals surface area contributed by atoms with Crippen molar-refractivity contribution in [3.8, 4) is 5.75 Å². The maximum absolute atomic E-state index is 13.6. The first-order valence-electron chi connectivity index (χ1n) is 12.9. The average Bonchev–Trinajstić information content (AvgIpc) is 3.23. The van der Waals surface area contributed by atoms with Crippen LogP contribution in [0.25, 0.3) is 6.08 Å². The molecule has 1 amide bonds. The molecule has 0 N–H and O–H groups in total. The minimum atomic E-state index is -0.0454. The molecule has 4 aromatic carbocycles. The highest BCUT2D eigenvalue weighted by Gasteiger charge is 2.33. The normalized spacial score (nSPS) is 15.3. The third-order valence-corrected chi connectivity index (χ3v) is 8.24. The second-order valence-electron chi connectivity index (χ2n) is 9.59. The standard InChI is InChI=1S/C33H28Cl2N2O2S/c1-22-15-27(16-23(2)31(22)39-21-26-13-14-28(34)29(35)17-26)18-30-32(38)37(20-25-11-7-4-8-12-25)33(40-30)36-19-24-9-5-3-6-10-24/h3-18H,19-21H2,1-2H3/b30-18-,36-33?. The lowest BCUT2D eigenvalue weighted by atomic mass is 10.0. The number of halogens is 2. The van der Waals surface area contributed by atoms with Gasteiger partial charge in [0.1, 0.15) is 12.4 Å². The average molecular weight is 588 g/mol. The lowest BCUT2D eigenvalue weighted by Crippen LogP contribution is -2.28.